The van der Waals surface area contributed by atoms with Crippen molar-refractivity contribution >= 4 is 5.91 Å². The Morgan fingerprint density at radius 2 is 2.06 bits per heavy atom. The number of carbonyl (C=O) groups is 1. The molecule has 0 saturated heterocycles. The number of amides is 1. The largest absolute Gasteiger partial charge is 0.489 e. The second-order valence-electron chi connectivity index (χ2n) is 7.97. The molecule has 4 rings (SSSR count). The minimum Gasteiger partial charge on any atom is -0.489 e. The van der Waals surface area contributed by atoms with Gasteiger partial charge >= 0.3 is 6.61 Å². The summed E-state index contributed by atoms with van der Waals surface area (Å²) < 4.78 is 54.6. The Hall–Kier alpha value is -3.60. The summed E-state index contributed by atoms with van der Waals surface area (Å²) in [5.74, 6) is -0.426. The Morgan fingerprint density at radius 1 is 1.26 bits per heavy atom. The van der Waals surface area contributed by atoms with E-state index in [1.165, 1.54) is 30.3 Å². The third kappa shape index (κ3) is 5.84. The van der Waals surface area contributed by atoms with Crippen LogP contribution in [0, 0.1) is 11.7 Å². The van der Waals surface area contributed by atoms with Crippen molar-refractivity contribution in [2.75, 3.05) is 6.61 Å². The molecule has 1 aromatic carbocycles. The number of ether oxygens (including phenoxy) is 2. The van der Waals surface area contributed by atoms with Crippen LogP contribution in [0.25, 0.3) is 11.5 Å². The summed E-state index contributed by atoms with van der Waals surface area (Å²) in [6.07, 6.45) is 3.09. The highest BCUT2D eigenvalue weighted by Crippen LogP contribution is 2.37. The van der Waals surface area contributed by atoms with Gasteiger partial charge in [-0.05, 0) is 56.0 Å². The molecule has 0 unspecified atom stereocenters. The second kappa shape index (κ2) is 10.1. The van der Waals surface area contributed by atoms with E-state index in [9.17, 15) is 18.0 Å². The molecule has 1 saturated carbocycles. The van der Waals surface area contributed by atoms with Gasteiger partial charge in [0, 0.05) is 5.56 Å². The monoisotopic (exact) mass is 476 g/mol. The normalized spacial score (nSPS) is 14.2. The molecule has 34 heavy (non-hydrogen) atoms. The maximum Gasteiger partial charge on any atom is 0.387 e. The molecule has 0 spiro atoms. The van der Waals surface area contributed by atoms with Gasteiger partial charge in [-0.2, -0.15) is 8.78 Å². The highest BCUT2D eigenvalue weighted by Gasteiger charge is 2.26. The molecule has 1 aliphatic carbocycles. The molecular weight excluding hydrogens is 453 g/mol. The van der Waals surface area contributed by atoms with E-state index < -0.39 is 24.4 Å². The van der Waals surface area contributed by atoms with Gasteiger partial charge < -0.3 is 24.9 Å². The number of hydrogen-bond acceptors (Lipinski definition) is 7. The first kappa shape index (κ1) is 23.6. The molecule has 3 N–H and O–H groups in total. The van der Waals surface area contributed by atoms with Crippen LogP contribution >= 0.6 is 0 Å². The van der Waals surface area contributed by atoms with Gasteiger partial charge in [-0.1, -0.05) is 0 Å². The van der Waals surface area contributed by atoms with E-state index in [0.29, 0.717) is 23.8 Å². The third-order valence-corrected chi connectivity index (χ3v) is 5.08. The number of halogens is 3. The molecule has 3 aromatic rings. The molecular formula is C23H23F3N4O4. The van der Waals surface area contributed by atoms with Crippen molar-refractivity contribution in [2.24, 2.45) is 11.7 Å². The Balaban J connectivity index is 1.57. The molecule has 0 bridgehead atoms. The number of nitrogens with zero attached hydrogens (tertiary/aromatic N) is 2. The predicted octanol–water partition coefficient (Wildman–Crippen LogP) is 4.22. The Labute approximate surface area is 193 Å². The molecule has 8 nitrogen and oxygen atoms in total. The number of oxazole rings is 1. The lowest BCUT2D eigenvalue weighted by atomic mass is 10.2. The van der Waals surface area contributed by atoms with Crippen molar-refractivity contribution in [3.8, 4) is 23.0 Å². The van der Waals surface area contributed by atoms with Gasteiger partial charge in [0.05, 0.1) is 31.1 Å². The Bertz CT molecular complexity index is 1150. The summed E-state index contributed by atoms with van der Waals surface area (Å²) in [5, 5.41) is 2.65. The molecule has 1 atom stereocenters. The molecule has 0 radical (unpaired) electrons. The van der Waals surface area contributed by atoms with Crippen molar-refractivity contribution in [1.82, 2.24) is 15.3 Å². The van der Waals surface area contributed by atoms with E-state index in [0.717, 1.165) is 19.0 Å². The smallest absolute Gasteiger partial charge is 0.387 e. The minimum atomic E-state index is -3.01. The molecule has 180 valence electrons. The summed E-state index contributed by atoms with van der Waals surface area (Å²) in [6, 6.07) is 6.31. The topological polar surface area (TPSA) is 113 Å². The highest BCUT2D eigenvalue weighted by atomic mass is 19.3. The Morgan fingerprint density at radius 3 is 2.71 bits per heavy atom. The minimum absolute atomic E-state index is 0.0273. The maximum atomic E-state index is 13.0. The van der Waals surface area contributed by atoms with E-state index in [1.54, 1.807) is 6.92 Å². The fourth-order valence-electron chi connectivity index (χ4n) is 3.13. The van der Waals surface area contributed by atoms with Gasteiger partial charge in [-0.25, -0.2) is 9.37 Å². The van der Waals surface area contributed by atoms with Crippen LogP contribution in [-0.4, -0.2) is 29.1 Å². The zero-order chi connectivity index (χ0) is 24.2. The molecule has 1 aliphatic rings. The van der Waals surface area contributed by atoms with Gasteiger partial charge in [0.25, 0.3) is 5.91 Å². The van der Waals surface area contributed by atoms with Gasteiger partial charge in [0.2, 0.25) is 5.89 Å². The summed E-state index contributed by atoms with van der Waals surface area (Å²) in [4.78, 5) is 20.9. The lowest BCUT2D eigenvalue weighted by Gasteiger charge is -2.12. The summed E-state index contributed by atoms with van der Waals surface area (Å²) in [6.45, 7) is -0.957. The predicted molar refractivity (Wildman–Crippen MR) is 115 cm³/mol. The zero-order valence-electron chi connectivity index (χ0n) is 18.3. The van der Waals surface area contributed by atoms with E-state index in [2.05, 4.69) is 20.0 Å². The number of pyridine rings is 1. The first-order valence-electron chi connectivity index (χ1n) is 10.7. The molecule has 11 heteroatoms. The standard InChI is InChI=1S/C23H23F3N4O4/c1-12(27)20-19(21(31)29-10-16-6-5-15(24)9-28-16)30-22(34-20)14-4-7-17(33-23(25)26)18(8-14)32-11-13-2-3-13/h4-9,12-13,23H,2-3,10-11,27H2,1H3,(H,29,31)/t12-/m0/s1. The van der Waals surface area contributed by atoms with Crippen LogP contribution in [0.15, 0.2) is 40.9 Å². The number of aromatic nitrogens is 2. The lowest BCUT2D eigenvalue weighted by Crippen LogP contribution is -2.25. The van der Waals surface area contributed by atoms with Crippen LogP contribution < -0.4 is 20.5 Å². The summed E-state index contributed by atoms with van der Waals surface area (Å²) in [7, 11) is 0. The first-order valence-corrected chi connectivity index (χ1v) is 10.7. The number of nitrogens with two attached hydrogens (primary N) is 1. The molecule has 2 heterocycles. The average Bonchev–Trinajstić information content (AvgIpc) is 3.52. The van der Waals surface area contributed by atoms with Crippen molar-refractivity contribution in [1.29, 1.82) is 0 Å². The van der Waals surface area contributed by atoms with Crippen molar-refractivity contribution in [2.45, 2.75) is 39.0 Å². The Kier molecular flexibility index (Phi) is 7.01. The average molecular weight is 476 g/mol. The fourth-order valence-corrected chi connectivity index (χ4v) is 3.13. The van der Waals surface area contributed by atoms with Gasteiger partial charge in [0.1, 0.15) is 5.82 Å². The van der Waals surface area contributed by atoms with Crippen LogP contribution in [-0.2, 0) is 6.54 Å². The molecule has 1 fully saturated rings. The van der Waals surface area contributed by atoms with Crippen molar-refractivity contribution in [3.63, 3.8) is 0 Å². The third-order valence-electron chi connectivity index (χ3n) is 5.08. The highest BCUT2D eigenvalue weighted by molar-refractivity contribution is 5.93. The van der Waals surface area contributed by atoms with E-state index in [4.69, 9.17) is 14.9 Å². The number of rotatable bonds is 10. The molecule has 0 aliphatic heterocycles. The lowest BCUT2D eigenvalue weighted by molar-refractivity contribution is -0.0515. The van der Waals surface area contributed by atoms with Crippen molar-refractivity contribution < 1.29 is 31.9 Å². The van der Waals surface area contributed by atoms with Crippen LogP contribution in [0.3, 0.4) is 0 Å². The van der Waals surface area contributed by atoms with Crippen molar-refractivity contribution in [3.05, 3.63) is 59.5 Å². The maximum absolute atomic E-state index is 13.0. The molecule has 1 amide bonds. The van der Waals surface area contributed by atoms with E-state index >= 15 is 0 Å². The van der Waals surface area contributed by atoms with E-state index in [-0.39, 0.29) is 35.4 Å². The second-order valence-corrected chi connectivity index (χ2v) is 7.97. The quantitative estimate of drug-likeness (QED) is 0.451. The van der Waals surface area contributed by atoms with Crippen LogP contribution in [0.5, 0.6) is 11.5 Å². The fraction of sp³-hybridized carbons (Fsp3) is 0.348. The molecule has 2 aromatic heterocycles. The number of alkyl halides is 2. The van der Waals surface area contributed by atoms with Crippen LogP contribution in [0.2, 0.25) is 0 Å². The summed E-state index contributed by atoms with van der Waals surface area (Å²) >= 11 is 0. The van der Waals surface area contributed by atoms with E-state index in [1.807, 2.05) is 0 Å². The number of benzene rings is 1. The van der Waals surface area contributed by atoms with Crippen LogP contribution in [0.1, 0.15) is 47.7 Å². The zero-order valence-corrected chi connectivity index (χ0v) is 18.3. The number of nitrogens with one attached hydrogen (secondary N) is 1. The van der Waals surface area contributed by atoms with Gasteiger partial charge in [-0.3, -0.25) is 9.78 Å². The summed E-state index contributed by atoms with van der Waals surface area (Å²) in [5.41, 5.74) is 6.79. The van der Waals surface area contributed by atoms with Gasteiger partial charge in [0.15, 0.2) is 23.0 Å². The number of carbonyl (C=O) groups excluding carboxylic acids is 1. The van der Waals surface area contributed by atoms with Crippen LogP contribution in [0.4, 0.5) is 13.2 Å². The first-order chi connectivity index (χ1) is 16.3. The SMILES string of the molecule is C[C@H](N)c1oc(-c2ccc(OC(F)F)c(OCC3CC3)c2)nc1C(=O)NCc1ccc(F)cn1. The number of hydrogen-bond donors (Lipinski definition) is 2. The van der Waals surface area contributed by atoms with Gasteiger partial charge in [-0.15, -0.1) is 0 Å².